The van der Waals surface area contributed by atoms with E-state index >= 15 is 0 Å². The lowest BCUT2D eigenvalue weighted by Crippen LogP contribution is -2.42. The van der Waals surface area contributed by atoms with Crippen LogP contribution in [0.1, 0.15) is 42.1 Å². The number of piperidine rings is 1. The van der Waals surface area contributed by atoms with Crippen molar-refractivity contribution in [2.45, 2.75) is 39.2 Å². The van der Waals surface area contributed by atoms with E-state index in [1.165, 1.54) is 12.0 Å². The molecule has 0 aromatic heterocycles. The summed E-state index contributed by atoms with van der Waals surface area (Å²) >= 11 is 0. The van der Waals surface area contributed by atoms with Crippen LogP contribution in [0.5, 0.6) is 0 Å². The molecule has 98 valence electrons. The van der Waals surface area contributed by atoms with Crippen molar-refractivity contribution in [3.63, 3.8) is 0 Å². The van der Waals surface area contributed by atoms with E-state index in [9.17, 15) is 4.79 Å². The minimum atomic E-state index is 0.159. The average Bonchev–Trinajstić information content (AvgIpc) is 2.38. The van der Waals surface area contributed by atoms with Crippen molar-refractivity contribution in [2.24, 2.45) is 0 Å². The first-order valence-corrected chi connectivity index (χ1v) is 6.73. The summed E-state index contributed by atoms with van der Waals surface area (Å²) in [5.41, 5.74) is 2.89. The first-order chi connectivity index (χ1) is 8.63. The highest BCUT2D eigenvalue weighted by atomic mass is 16.2. The normalized spacial score (nSPS) is 19.7. The zero-order chi connectivity index (χ0) is 13.1. The van der Waals surface area contributed by atoms with Gasteiger partial charge < -0.3 is 10.2 Å². The molecule has 1 aromatic carbocycles. The Kier molecular flexibility index (Phi) is 3.90. The Labute approximate surface area is 109 Å². The first-order valence-electron chi connectivity index (χ1n) is 6.73. The maximum Gasteiger partial charge on any atom is 0.256 e. The molecule has 0 aliphatic carbocycles. The summed E-state index contributed by atoms with van der Waals surface area (Å²) in [4.78, 5) is 14.6. The molecule has 0 radical (unpaired) electrons. The third kappa shape index (κ3) is 2.50. The van der Waals surface area contributed by atoms with Crippen LogP contribution in [0.4, 0.5) is 5.69 Å². The molecule has 0 saturated carbocycles. The minimum Gasteiger partial charge on any atom is -0.387 e. The van der Waals surface area contributed by atoms with E-state index in [0.717, 1.165) is 30.6 Å². The number of carbonyl (C=O) groups is 1. The Morgan fingerprint density at radius 3 is 2.83 bits per heavy atom. The Morgan fingerprint density at radius 1 is 1.39 bits per heavy atom. The molecule has 3 heteroatoms. The molecule has 1 aromatic rings. The van der Waals surface area contributed by atoms with Gasteiger partial charge >= 0.3 is 0 Å². The van der Waals surface area contributed by atoms with Gasteiger partial charge in [0, 0.05) is 25.3 Å². The van der Waals surface area contributed by atoms with E-state index in [-0.39, 0.29) is 5.91 Å². The number of benzene rings is 1. The van der Waals surface area contributed by atoms with Crippen LogP contribution in [0.3, 0.4) is 0 Å². The number of aryl methyl sites for hydroxylation is 1. The molecule has 1 aliphatic heterocycles. The van der Waals surface area contributed by atoms with Gasteiger partial charge in [-0.05, 0) is 50.8 Å². The summed E-state index contributed by atoms with van der Waals surface area (Å²) < 4.78 is 0. The second-order valence-corrected chi connectivity index (χ2v) is 5.14. The van der Waals surface area contributed by atoms with Crippen molar-refractivity contribution in [2.75, 3.05) is 18.9 Å². The number of nitrogens with one attached hydrogen (secondary N) is 1. The fraction of sp³-hybridized carbons (Fsp3) is 0.533. The molecular formula is C15H22N2O. The van der Waals surface area contributed by atoms with Gasteiger partial charge in [0.2, 0.25) is 0 Å². The van der Waals surface area contributed by atoms with E-state index in [1.54, 1.807) is 0 Å². The zero-order valence-corrected chi connectivity index (χ0v) is 11.5. The van der Waals surface area contributed by atoms with Crippen molar-refractivity contribution in [1.29, 1.82) is 0 Å². The minimum absolute atomic E-state index is 0.159. The Morgan fingerprint density at radius 2 is 2.17 bits per heavy atom. The molecule has 0 bridgehead atoms. The van der Waals surface area contributed by atoms with Crippen LogP contribution in [0.2, 0.25) is 0 Å². The standard InChI is InChI=1S/C15H22N2O/c1-11-7-8-13(14(10-11)16-3)15(18)17-9-5-4-6-12(17)2/h7-8,10,12,16H,4-6,9H2,1-3H3. The third-order valence-electron chi connectivity index (χ3n) is 3.74. The molecule has 2 rings (SSSR count). The highest BCUT2D eigenvalue weighted by molar-refractivity contribution is 6.00. The summed E-state index contributed by atoms with van der Waals surface area (Å²) in [6.45, 7) is 5.07. The molecule has 1 atom stereocenters. The van der Waals surface area contributed by atoms with Gasteiger partial charge in [0.05, 0.1) is 5.56 Å². The highest BCUT2D eigenvalue weighted by Gasteiger charge is 2.25. The van der Waals surface area contributed by atoms with E-state index < -0.39 is 0 Å². The molecule has 1 aliphatic rings. The molecule has 1 unspecified atom stereocenters. The number of hydrogen-bond acceptors (Lipinski definition) is 2. The molecule has 3 nitrogen and oxygen atoms in total. The predicted molar refractivity (Wildman–Crippen MR) is 75.1 cm³/mol. The molecule has 1 amide bonds. The van der Waals surface area contributed by atoms with E-state index in [2.05, 4.69) is 12.2 Å². The van der Waals surface area contributed by atoms with Crippen LogP contribution in [0.25, 0.3) is 0 Å². The highest BCUT2D eigenvalue weighted by Crippen LogP contribution is 2.23. The van der Waals surface area contributed by atoms with Gasteiger partial charge in [-0.3, -0.25) is 4.79 Å². The fourth-order valence-electron chi connectivity index (χ4n) is 2.61. The summed E-state index contributed by atoms with van der Waals surface area (Å²) in [5, 5.41) is 3.12. The lowest BCUT2D eigenvalue weighted by atomic mass is 10.0. The maximum absolute atomic E-state index is 12.6. The Hall–Kier alpha value is -1.51. The maximum atomic E-state index is 12.6. The van der Waals surface area contributed by atoms with Crippen molar-refractivity contribution < 1.29 is 4.79 Å². The quantitative estimate of drug-likeness (QED) is 0.870. The van der Waals surface area contributed by atoms with E-state index in [0.29, 0.717) is 6.04 Å². The number of rotatable bonds is 2. The van der Waals surface area contributed by atoms with Crippen LogP contribution in [0.15, 0.2) is 18.2 Å². The van der Waals surface area contributed by atoms with Gasteiger partial charge in [-0.1, -0.05) is 6.07 Å². The molecule has 1 N–H and O–H groups in total. The summed E-state index contributed by atoms with van der Waals surface area (Å²) in [6, 6.07) is 6.33. The SMILES string of the molecule is CNc1cc(C)ccc1C(=O)N1CCCCC1C. The van der Waals surface area contributed by atoms with Crippen LogP contribution in [-0.2, 0) is 0 Å². The van der Waals surface area contributed by atoms with Gasteiger partial charge in [-0.15, -0.1) is 0 Å². The molecular weight excluding hydrogens is 224 g/mol. The fourth-order valence-corrected chi connectivity index (χ4v) is 2.61. The number of anilines is 1. The summed E-state index contributed by atoms with van der Waals surface area (Å²) in [7, 11) is 1.87. The monoisotopic (exact) mass is 246 g/mol. The smallest absolute Gasteiger partial charge is 0.256 e. The van der Waals surface area contributed by atoms with E-state index in [4.69, 9.17) is 0 Å². The second kappa shape index (κ2) is 5.42. The van der Waals surface area contributed by atoms with Gasteiger partial charge in [-0.2, -0.15) is 0 Å². The molecule has 18 heavy (non-hydrogen) atoms. The Bertz CT molecular complexity index is 442. The largest absolute Gasteiger partial charge is 0.387 e. The van der Waals surface area contributed by atoms with Crippen LogP contribution < -0.4 is 5.32 Å². The molecule has 1 fully saturated rings. The van der Waals surface area contributed by atoms with Crippen LogP contribution in [-0.4, -0.2) is 30.4 Å². The number of likely N-dealkylation sites (tertiary alicyclic amines) is 1. The third-order valence-corrected chi connectivity index (χ3v) is 3.74. The number of nitrogens with zero attached hydrogens (tertiary/aromatic N) is 1. The number of carbonyl (C=O) groups excluding carboxylic acids is 1. The van der Waals surface area contributed by atoms with Gasteiger partial charge in [0.1, 0.15) is 0 Å². The summed E-state index contributed by atoms with van der Waals surface area (Å²) in [6.07, 6.45) is 3.47. The van der Waals surface area contributed by atoms with Crippen molar-refractivity contribution in [1.82, 2.24) is 4.90 Å². The van der Waals surface area contributed by atoms with Gasteiger partial charge in [0.15, 0.2) is 0 Å². The molecule has 1 saturated heterocycles. The molecule has 0 spiro atoms. The summed E-state index contributed by atoms with van der Waals surface area (Å²) in [5.74, 6) is 0.159. The average molecular weight is 246 g/mol. The van der Waals surface area contributed by atoms with Crippen molar-refractivity contribution in [3.8, 4) is 0 Å². The second-order valence-electron chi connectivity index (χ2n) is 5.14. The van der Waals surface area contributed by atoms with Crippen LogP contribution >= 0.6 is 0 Å². The predicted octanol–water partition coefficient (Wildman–Crippen LogP) is 3.05. The topological polar surface area (TPSA) is 32.3 Å². The van der Waals surface area contributed by atoms with Crippen molar-refractivity contribution >= 4 is 11.6 Å². The molecule has 1 heterocycles. The van der Waals surface area contributed by atoms with Crippen molar-refractivity contribution in [3.05, 3.63) is 29.3 Å². The van der Waals surface area contributed by atoms with E-state index in [1.807, 2.05) is 37.1 Å². The lowest BCUT2D eigenvalue weighted by Gasteiger charge is -2.34. The number of hydrogen-bond donors (Lipinski definition) is 1. The zero-order valence-electron chi connectivity index (χ0n) is 11.5. The Balaban J connectivity index is 2.27. The van der Waals surface area contributed by atoms with Crippen LogP contribution in [0, 0.1) is 6.92 Å². The first kappa shape index (κ1) is 12.9. The van der Waals surface area contributed by atoms with Gasteiger partial charge in [-0.25, -0.2) is 0 Å². The number of amides is 1. The lowest BCUT2D eigenvalue weighted by molar-refractivity contribution is 0.0636. The van der Waals surface area contributed by atoms with Gasteiger partial charge in [0.25, 0.3) is 5.91 Å².